The fraction of sp³-hybridized carbons (Fsp3) is 0.364. The van der Waals surface area contributed by atoms with Crippen LogP contribution in [-0.4, -0.2) is 28.2 Å². The van der Waals surface area contributed by atoms with E-state index < -0.39 is 10.8 Å². The van der Waals surface area contributed by atoms with Crippen LogP contribution in [0.5, 0.6) is 0 Å². The van der Waals surface area contributed by atoms with Crippen LogP contribution < -0.4 is 10.6 Å². The molecule has 4 nitrogen and oxygen atoms in total. The van der Waals surface area contributed by atoms with E-state index in [1.807, 2.05) is 18.2 Å². The number of carbonyl (C=O) groups is 1. The first-order valence-electron chi connectivity index (χ1n) is 5.23. The van der Waals surface area contributed by atoms with E-state index in [-0.39, 0.29) is 11.9 Å². The molecule has 0 aliphatic carbocycles. The molecule has 1 aromatic rings. The molecule has 0 aromatic heterocycles. The fourth-order valence-electron chi connectivity index (χ4n) is 1.71. The lowest BCUT2D eigenvalue weighted by molar-refractivity contribution is -0.117. The number of fused-ring (bicyclic) bond motifs is 1. The summed E-state index contributed by atoms with van der Waals surface area (Å²) >= 11 is 3.36. The average Bonchev–Trinajstić information content (AvgIpc) is 2.26. The maximum Gasteiger partial charge on any atom is 0.246 e. The molecule has 0 spiro atoms. The number of benzene rings is 1. The Kier molecular flexibility index (Phi) is 3.83. The molecule has 92 valence electrons. The van der Waals surface area contributed by atoms with E-state index in [4.69, 9.17) is 0 Å². The van der Waals surface area contributed by atoms with Crippen molar-refractivity contribution in [2.75, 3.05) is 22.6 Å². The summed E-state index contributed by atoms with van der Waals surface area (Å²) in [6, 6.07) is 5.38. The number of carbonyl (C=O) groups excluding carboxylic acids is 1. The Morgan fingerprint density at radius 3 is 2.88 bits per heavy atom. The second-order valence-electron chi connectivity index (χ2n) is 3.94. The molecule has 17 heavy (non-hydrogen) atoms. The number of amides is 1. The zero-order valence-electron chi connectivity index (χ0n) is 9.33. The van der Waals surface area contributed by atoms with Crippen molar-refractivity contribution in [3.05, 3.63) is 22.7 Å². The molecule has 1 aliphatic heterocycles. The summed E-state index contributed by atoms with van der Waals surface area (Å²) in [6.07, 6.45) is 2.22. The number of hydrogen-bond acceptors (Lipinski definition) is 3. The number of hydrogen-bond donors (Lipinski definition) is 2. The molecule has 6 heteroatoms. The third-order valence-electron chi connectivity index (χ3n) is 2.58. The molecule has 2 rings (SSSR count). The molecule has 1 aliphatic rings. The molecular weight excluding hydrogens is 304 g/mol. The van der Waals surface area contributed by atoms with Crippen LogP contribution >= 0.6 is 15.9 Å². The summed E-state index contributed by atoms with van der Waals surface area (Å²) < 4.78 is 12.0. The quantitative estimate of drug-likeness (QED) is 0.896. The maximum absolute atomic E-state index is 11.8. The van der Waals surface area contributed by atoms with Crippen molar-refractivity contribution >= 4 is 44.0 Å². The van der Waals surface area contributed by atoms with Crippen molar-refractivity contribution in [2.24, 2.45) is 0 Å². The molecule has 1 aromatic carbocycles. The minimum atomic E-state index is -0.871. The Balaban J connectivity index is 2.13. The van der Waals surface area contributed by atoms with Crippen molar-refractivity contribution in [2.45, 2.75) is 12.5 Å². The Bertz CT molecular complexity index is 479. The van der Waals surface area contributed by atoms with Crippen LogP contribution in [0.15, 0.2) is 22.7 Å². The summed E-state index contributed by atoms with van der Waals surface area (Å²) in [4.78, 5) is 11.8. The van der Waals surface area contributed by atoms with Crippen LogP contribution in [-0.2, 0) is 15.6 Å². The highest BCUT2D eigenvalue weighted by Crippen LogP contribution is 2.30. The fourth-order valence-corrected chi connectivity index (χ4v) is 2.63. The molecule has 0 radical (unpaired) electrons. The van der Waals surface area contributed by atoms with Crippen molar-refractivity contribution in [3.8, 4) is 0 Å². The number of halogens is 1. The Morgan fingerprint density at radius 2 is 2.18 bits per heavy atom. The zero-order valence-corrected chi connectivity index (χ0v) is 11.7. The van der Waals surface area contributed by atoms with Crippen molar-refractivity contribution in [3.63, 3.8) is 0 Å². The Labute approximate surface area is 111 Å². The van der Waals surface area contributed by atoms with Gasteiger partial charge in [0.15, 0.2) is 0 Å². The van der Waals surface area contributed by atoms with Crippen molar-refractivity contribution in [1.82, 2.24) is 0 Å². The van der Waals surface area contributed by atoms with Gasteiger partial charge in [0.25, 0.3) is 0 Å². The molecule has 2 atom stereocenters. The second-order valence-corrected chi connectivity index (χ2v) is 6.41. The van der Waals surface area contributed by atoms with Crippen LogP contribution in [0.2, 0.25) is 0 Å². The Hall–Kier alpha value is -0.880. The van der Waals surface area contributed by atoms with Gasteiger partial charge in [-0.25, -0.2) is 0 Å². The first-order valence-corrected chi connectivity index (χ1v) is 7.75. The summed E-state index contributed by atoms with van der Waals surface area (Å²) in [7, 11) is -0.871. The highest BCUT2D eigenvalue weighted by Gasteiger charge is 2.25. The molecular formula is C11H13BrN2O2S. The number of anilines is 2. The van der Waals surface area contributed by atoms with Gasteiger partial charge in [0.1, 0.15) is 6.04 Å². The molecule has 0 bridgehead atoms. The predicted octanol–water partition coefficient (Wildman–Crippen LogP) is 1.95. The van der Waals surface area contributed by atoms with Gasteiger partial charge in [0.2, 0.25) is 5.91 Å². The molecule has 1 amide bonds. The van der Waals surface area contributed by atoms with Crippen molar-refractivity contribution in [1.29, 1.82) is 0 Å². The highest BCUT2D eigenvalue weighted by molar-refractivity contribution is 9.10. The van der Waals surface area contributed by atoms with E-state index in [2.05, 4.69) is 26.6 Å². The zero-order chi connectivity index (χ0) is 12.4. The first kappa shape index (κ1) is 12.6. The van der Waals surface area contributed by atoms with Crippen LogP contribution in [0.4, 0.5) is 11.4 Å². The minimum Gasteiger partial charge on any atom is -0.372 e. The third-order valence-corrected chi connectivity index (χ3v) is 3.88. The third kappa shape index (κ3) is 3.07. The van der Waals surface area contributed by atoms with E-state index in [9.17, 15) is 9.00 Å². The largest absolute Gasteiger partial charge is 0.372 e. The van der Waals surface area contributed by atoms with Crippen LogP contribution in [0.25, 0.3) is 0 Å². The molecule has 1 heterocycles. The summed E-state index contributed by atoms with van der Waals surface area (Å²) in [5, 5.41) is 6.01. The topological polar surface area (TPSA) is 58.2 Å². The average molecular weight is 317 g/mol. The van der Waals surface area contributed by atoms with E-state index >= 15 is 0 Å². The molecule has 0 saturated heterocycles. The van der Waals surface area contributed by atoms with E-state index in [1.54, 1.807) is 6.26 Å². The standard InChI is InChI=1S/C11H13BrN2O2S/c1-17(16)5-4-9-11(15)14-10-6-7(12)2-3-8(10)13-9/h2-3,6,9,13H,4-5H2,1H3,(H,14,15). The minimum absolute atomic E-state index is 0.0685. The smallest absolute Gasteiger partial charge is 0.246 e. The normalized spacial score (nSPS) is 20.1. The summed E-state index contributed by atoms with van der Waals surface area (Å²) in [5.41, 5.74) is 1.68. The second kappa shape index (κ2) is 5.18. The van der Waals surface area contributed by atoms with Gasteiger partial charge in [0.05, 0.1) is 11.4 Å². The lowest BCUT2D eigenvalue weighted by Gasteiger charge is -2.26. The van der Waals surface area contributed by atoms with Gasteiger partial charge in [-0.1, -0.05) is 15.9 Å². The van der Waals surface area contributed by atoms with E-state index in [1.165, 1.54) is 0 Å². The van der Waals surface area contributed by atoms with Crippen molar-refractivity contribution < 1.29 is 9.00 Å². The first-order chi connectivity index (χ1) is 8.06. The van der Waals surface area contributed by atoms with Gasteiger partial charge in [-0.2, -0.15) is 0 Å². The van der Waals surface area contributed by atoms with Gasteiger partial charge in [0, 0.05) is 27.3 Å². The number of rotatable bonds is 3. The lowest BCUT2D eigenvalue weighted by Crippen LogP contribution is -2.39. The summed E-state index contributed by atoms with van der Waals surface area (Å²) in [6.45, 7) is 0. The molecule has 2 N–H and O–H groups in total. The SMILES string of the molecule is CS(=O)CCC1Nc2ccc(Br)cc2NC1=O. The van der Waals surface area contributed by atoms with Gasteiger partial charge in [-0.05, 0) is 24.6 Å². The molecule has 0 fully saturated rings. The predicted molar refractivity (Wildman–Crippen MR) is 73.7 cm³/mol. The van der Waals surface area contributed by atoms with Crippen LogP contribution in [0.1, 0.15) is 6.42 Å². The van der Waals surface area contributed by atoms with Crippen LogP contribution in [0, 0.1) is 0 Å². The summed E-state index contributed by atoms with van der Waals surface area (Å²) in [5.74, 6) is 0.456. The molecule has 2 unspecified atom stereocenters. The van der Waals surface area contributed by atoms with Gasteiger partial charge in [-0.3, -0.25) is 9.00 Å². The monoisotopic (exact) mass is 316 g/mol. The van der Waals surface area contributed by atoms with Gasteiger partial charge >= 0.3 is 0 Å². The number of nitrogens with one attached hydrogen (secondary N) is 2. The Morgan fingerprint density at radius 1 is 1.41 bits per heavy atom. The van der Waals surface area contributed by atoms with Crippen LogP contribution in [0.3, 0.4) is 0 Å². The lowest BCUT2D eigenvalue weighted by atomic mass is 10.1. The van der Waals surface area contributed by atoms with Gasteiger partial charge in [-0.15, -0.1) is 0 Å². The maximum atomic E-state index is 11.8. The van der Waals surface area contributed by atoms with E-state index in [0.717, 1.165) is 15.8 Å². The van der Waals surface area contributed by atoms with E-state index in [0.29, 0.717) is 12.2 Å². The highest BCUT2D eigenvalue weighted by atomic mass is 79.9. The van der Waals surface area contributed by atoms with Gasteiger partial charge < -0.3 is 10.6 Å². The molecule has 0 saturated carbocycles.